The second kappa shape index (κ2) is 3.70. The molecular formula is C6H6Cl2O. The molecule has 0 saturated carbocycles. The summed E-state index contributed by atoms with van der Waals surface area (Å²) in [5, 5.41) is -0.196. The van der Waals surface area contributed by atoms with Gasteiger partial charge in [-0.2, -0.15) is 0 Å². The lowest BCUT2D eigenvalue weighted by Crippen LogP contribution is -1.86. The van der Waals surface area contributed by atoms with E-state index in [9.17, 15) is 4.79 Å². The van der Waals surface area contributed by atoms with E-state index in [2.05, 4.69) is 6.58 Å². The van der Waals surface area contributed by atoms with Crippen molar-refractivity contribution in [3.05, 3.63) is 23.3 Å². The van der Waals surface area contributed by atoms with E-state index in [0.717, 1.165) is 0 Å². The molecule has 0 saturated heterocycles. The van der Waals surface area contributed by atoms with Crippen LogP contribution < -0.4 is 0 Å². The van der Waals surface area contributed by atoms with Gasteiger partial charge >= 0.3 is 0 Å². The summed E-state index contributed by atoms with van der Waals surface area (Å²) in [5.41, 5.74) is 0.400. The van der Waals surface area contributed by atoms with E-state index in [1.165, 1.54) is 6.08 Å². The predicted molar refractivity (Wildman–Crippen MR) is 39.6 cm³/mol. The van der Waals surface area contributed by atoms with Crippen LogP contribution in [0.2, 0.25) is 0 Å². The summed E-state index contributed by atoms with van der Waals surface area (Å²) in [5.74, 6) is 0. The fraction of sp³-hybridized carbons (Fsp3) is 0.167. The average molecular weight is 165 g/mol. The zero-order chi connectivity index (χ0) is 7.44. The summed E-state index contributed by atoms with van der Waals surface area (Å²) < 4.78 is 0. The summed E-state index contributed by atoms with van der Waals surface area (Å²) >= 11 is 10.4. The lowest BCUT2D eigenvalue weighted by atomic mass is 10.3. The van der Waals surface area contributed by atoms with Crippen LogP contribution in [0.4, 0.5) is 0 Å². The van der Waals surface area contributed by atoms with Crippen LogP contribution in [-0.4, -0.2) is 5.24 Å². The molecule has 0 rings (SSSR count). The van der Waals surface area contributed by atoms with Gasteiger partial charge in [0.2, 0.25) is 5.24 Å². The number of allylic oxidation sites excluding steroid dienone is 3. The summed E-state index contributed by atoms with van der Waals surface area (Å²) in [4.78, 5) is 10.3. The molecule has 0 aromatic heterocycles. The lowest BCUT2D eigenvalue weighted by Gasteiger charge is -1.87. The van der Waals surface area contributed by atoms with E-state index in [0.29, 0.717) is 10.6 Å². The molecule has 0 atom stereocenters. The second-order valence-corrected chi connectivity index (χ2v) is 2.38. The average Bonchev–Trinajstić information content (AvgIpc) is 1.63. The molecular weight excluding hydrogens is 159 g/mol. The molecule has 0 amide bonds. The van der Waals surface area contributed by atoms with Crippen LogP contribution in [0, 0.1) is 0 Å². The molecule has 0 aliphatic rings. The van der Waals surface area contributed by atoms with Crippen LogP contribution in [0.1, 0.15) is 6.92 Å². The quantitative estimate of drug-likeness (QED) is 0.349. The van der Waals surface area contributed by atoms with Crippen molar-refractivity contribution in [2.24, 2.45) is 0 Å². The number of hydrogen-bond acceptors (Lipinski definition) is 1. The van der Waals surface area contributed by atoms with Crippen LogP contribution in [0.25, 0.3) is 0 Å². The topological polar surface area (TPSA) is 17.1 Å². The van der Waals surface area contributed by atoms with Crippen molar-refractivity contribution in [3.63, 3.8) is 0 Å². The Morgan fingerprint density at radius 1 is 1.56 bits per heavy atom. The first kappa shape index (κ1) is 8.73. The Labute approximate surface area is 64.0 Å². The van der Waals surface area contributed by atoms with Gasteiger partial charge in [0.05, 0.1) is 0 Å². The van der Waals surface area contributed by atoms with Crippen molar-refractivity contribution in [2.45, 2.75) is 6.92 Å². The van der Waals surface area contributed by atoms with Crippen LogP contribution >= 0.6 is 23.2 Å². The monoisotopic (exact) mass is 164 g/mol. The molecule has 0 aliphatic heterocycles. The minimum absolute atomic E-state index is 0.307. The number of hydrogen-bond donors (Lipinski definition) is 0. The summed E-state index contributed by atoms with van der Waals surface area (Å²) in [7, 11) is 0. The number of halogens is 2. The van der Waals surface area contributed by atoms with E-state index >= 15 is 0 Å². The van der Waals surface area contributed by atoms with Gasteiger partial charge in [-0.25, -0.2) is 0 Å². The SMILES string of the molecule is C=C(Cl)/C=C(\C)C(=O)Cl. The molecule has 0 spiro atoms. The molecule has 0 aromatic rings. The van der Waals surface area contributed by atoms with Crippen LogP contribution in [0.15, 0.2) is 23.3 Å². The standard InChI is InChI=1S/C6H6Cl2O/c1-4(6(8)9)3-5(2)7/h3H,2H2,1H3/b4-3+. The highest BCUT2D eigenvalue weighted by Gasteiger charge is 1.96. The van der Waals surface area contributed by atoms with Gasteiger partial charge in [-0.3, -0.25) is 4.79 Å². The van der Waals surface area contributed by atoms with Crippen molar-refractivity contribution in [1.82, 2.24) is 0 Å². The maximum absolute atomic E-state index is 10.3. The van der Waals surface area contributed by atoms with Gasteiger partial charge in [0.15, 0.2) is 0 Å². The van der Waals surface area contributed by atoms with Gasteiger partial charge in [-0.15, -0.1) is 0 Å². The Bertz CT molecular complexity index is 170. The molecule has 0 aliphatic carbocycles. The minimum atomic E-state index is -0.503. The highest BCUT2D eigenvalue weighted by atomic mass is 35.5. The molecule has 0 aromatic carbocycles. The zero-order valence-corrected chi connectivity index (χ0v) is 6.46. The Balaban J connectivity index is 4.17. The second-order valence-electron chi connectivity index (χ2n) is 1.55. The molecule has 1 nitrogen and oxygen atoms in total. The van der Waals surface area contributed by atoms with E-state index in [-0.39, 0.29) is 0 Å². The first-order valence-electron chi connectivity index (χ1n) is 2.26. The zero-order valence-electron chi connectivity index (χ0n) is 4.95. The highest BCUT2D eigenvalue weighted by Crippen LogP contribution is 2.06. The van der Waals surface area contributed by atoms with Gasteiger partial charge in [0, 0.05) is 10.6 Å². The molecule has 0 radical (unpaired) electrons. The van der Waals surface area contributed by atoms with E-state index in [4.69, 9.17) is 23.2 Å². The van der Waals surface area contributed by atoms with Gasteiger partial charge in [-0.05, 0) is 24.6 Å². The summed E-state index contributed by atoms with van der Waals surface area (Å²) in [6.07, 6.45) is 1.41. The minimum Gasteiger partial charge on any atom is -0.276 e. The van der Waals surface area contributed by atoms with Crippen molar-refractivity contribution < 1.29 is 4.79 Å². The van der Waals surface area contributed by atoms with Crippen LogP contribution in [0.3, 0.4) is 0 Å². The molecule has 50 valence electrons. The lowest BCUT2D eigenvalue weighted by molar-refractivity contribution is -0.108. The Hall–Kier alpha value is -0.270. The third kappa shape index (κ3) is 4.25. The van der Waals surface area contributed by atoms with Crippen LogP contribution in [0.5, 0.6) is 0 Å². The smallest absolute Gasteiger partial charge is 0.248 e. The van der Waals surface area contributed by atoms with Gasteiger partial charge in [-0.1, -0.05) is 18.2 Å². The number of carbonyl (C=O) groups excluding carboxylic acids is 1. The Morgan fingerprint density at radius 2 is 2.00 bits per heavy atom. The van der Waals surface area contributed by atoms with Gasteiger partial charge < -0.3 is 0 Å². The Kier molecular flexibility index (Phi) is 3.59. The molecule has 9 heavy (non-hydrogen) atoms. The maximum atomic E-state index is 10.3. The molecule has 0 N–H and O–H groups in total. The maximum Gasteiger partial charge on any atom is 0.248 e. The van der Waals surface area contributed by atoms with Gasteiger partial charge in [0.1, 0.15) is 0 Å². The van der Waals surface area contributed by atoms with Crippen molar-refractivity contribution in [2.75, 3.05) is 0 Å². The first-order valence-corrected chi connectivity index (χ1v) is 3.02. The third-order valence-electron chi connectivity index (χ3n) is 0.683. The number of rotatable bonds is 2. The normalized spacial score (nSPS) is 11.2. The molecule has 3 heteroatoms. The van der Waals surface area contributed by atoms with Crippen molar-refractivity contribution in [3.8, 4) is 0 Å². The Morgan fingerprint density at radius 3 is 2.11 bits per heavy atom. The molecule has 0 unspecified atom stereocenters. The van der Waals surface area contributed by atoms with E-state index in [1.54, 1.807) is 6.92 Å². The van der Waals surface area contributed by atoms with Crippen LogP contribution in [-0.2, 0) is 4.79 Å². The number of carbonyl (C=O) groups is 1. The fourth-order valence-electron chi connectivity index (χ4n) is 0.292. The molecule has 0 bridgehead atoms. The fourth-order valence-corrected chi connectivity index (χ4v) is 0.510. The van der Waals surface area contributed by atoms with Gasteiger partial charge in [0.25, 0.3) is 0 Å². The van der Waals surface area contributed by atoms with E-state index in [1.807, 2.05) is 0 Å². The third-order valence-corrected chi connectivity index (χ3v) is 1.09. The highest BCUT2D eigenvalue weighted by molar-refractivity contribution is 6.67. The predicted octanol–water partition coefficient (Wildman–Crippen LogP) is 2.45. The van der Waals surface area contributed by atoms with Crippen molar-refractivity contribution in [1.29, 1.82) is 0 Å². The summed E-state index contributed by atoms with van der Waals surface area (Å²) in [6, 6.07) is 0. The first-order chi connectivity index (χ1) is 4.04. The van der Waals surface area contributed by atoms with E-state index < -0.39 is 5.24 Å². The summed E-state index contributed by atoms with van der Waals surface area (Å²) in [6.45, 7) is 4.93. The largest absolute Gasteiger partial charge is 0.276 e. The van der Waals surface area contributed by atoms with Crippen molar-refractivity contribution >= 4 is 28.4 Å². The molecule has 0 fully saturated rings. The molecule has 0 heterocycles.